The van der Waals surface area contributed by atoms with Crippen LogP contribution < -0.4 is 10.9 Å². The van der Waals surface area contributed by atoms with E-state index >= 15 is 0 Å². The Morgan fingerprint density at radius 1 is 1.21 bits per heavy atom. The molecule has 1 amide bonds. The zero-order chi connectivity index (χ0) is 19.9. The number of nitrogens with one attached hydrogen (secondary N) is 1. The number of rotatable bonds is 7. The molecule has 28 heavy (non-hydrogen) atoms. The molecule has 2 heterocycles. The number of morpholine rings is 1. The van der Waals surface area contributed by atoms with Crippen molar-refractivity contribution in [2.24, 2.45) is 0 Å². The van der Waals surface area contributed by atoms with Crippen LogP contribution in [0, 0.1) is 5.82 Å². The van der Waals surface area contributed by atoms with Crippen molar-refractivity contribution in [1.29, 1.82) is 0 Å². The molecule has 2 aromatic rings. The van der Waals surface area contributed by atoms with E-state index in [4.69, 9.17) is 4.74 Å². The third-order valence-corrected chi connectivity index (χ3v) is 4.73. The summed E-state index contributed by atoms with van der Waals surface area (Å²) in [6, 6.07) is 9.01. The molecule has 1 N–H and O–H groups in total. The first-order valence-electron chi connectivity index (χ1n) is 9.52. The quantitative estimate of drug-likeness (QED) is 0.780. The van der Waals surface area contributed by atoms with Gasteiger partial charge in [0, 0.05) is 32.2 Å². The fourth-order valence-electron chi connectivity index (χ4n) is 3.25. The van der Waals surface area contributed by atoms with E-state index in [0.29, 0.717) is 26.3 Å². The van der Waals surface area contributed by atoms with Crippen LogP contribution in [0.2, 0.25) is 0 Å². The maximum Gasteiger partial charge on any atom is 0.271 e. The van der Waals surface area contributed by atoms with E-state index in [2.05, 4.69) is 15.3 Å². The topological polar surface area (TPSA) is 76.5 Å². The Hall–Kier alpha value is -2.58. The number of carbonyl (C=O) groups excluding carboxylic acids is 1. The van der Waals surface area contributed by atoms with Crippen LogP contribution in [0.3, 0.4) is 0 Å². The summed E-state index contributed by atoms with van der Waals surface area (Å²) < 4.78 is 20.0. The number of carbonyl (C=O) groups is 1. The van der Waals surface area contributed by atoms with Crippen molar-refractivity contribution < 1.29 is 13.9 Å². The van der Waals surface area contributed by atoms with Gasteiger partial charge in [0.1, 0.15) is 11.5 Å². The Labute approximate surface area is 163 Å². The molecule has 150 valence electrons. The van der Waals surface area contributed by atoms with Gasteiger partial charge in [-0.1, -0.05) is 19.1 Å². The normalized spacial score (nSPS) is 15.9. The lowest BCUT2D eigenvalue weighted by Gasteiger charge is -2.34. The molecule has 8 heteroatoms. The van der Waals surface area contributed by atoms with E-state index in [0.717, 1.165) is 25.1 Å². The van der Waals surface area contributed by atoms with Crippen LogP contribution >= 0.6 is 0 Å². The molecule has 1 saturated heterocycles. The lowest BCUT2D eigenvalue weighted by molar-refractivity contribution is 0.0162. The summed E-state index contributed by atoms with van der Waals surface area (Å²) in [5.74, 6) is -0.638. The minimum Gasteiger partial charge on any atom is -0.379 e. The summed E-state index contributed by atoms with van der Waals surface area (Å²) in [6.45, 7) is 5.46. The Kier molecular flexibility index (Phi) is 6.89. The van der Waals surface area contributed by atoms with Crippen LogP contribution in [-0.2, 0) is 11.3 Å². The van der Waals surface area contributed by atoms with Gasteiger partial charge in [-0.05, 0) is 30.2 Å². The van der Waals surface area contributed by atoms with Crippen molar-refractivity contribution in [3.63, 3.8) is 0 Å². The van der Waals surface area contributed by atoms with Crippen LogP contribution in [0.15, 0.2) is 41.2 Å². The van der Waals surface area contributed by atoms with E-state index in [1.54, 1.807) is 12.1 Å². The third kappa shape index (κ3) is 5.02. The average Bonchev–Trinajstić information content (AvgIpc) is 2.72. The first-order valence-corrected chi connectivity index (χ1v) is 9.52. The molecular formula is C20H25FN4O3. The first kappa shape index (κ1) is 20.2. The average molecular weight is 388 g/mol. The van der Waals surface area contributed by atoms with Gasteiger partial charge in [0.05, 0.1) is 19.3 Å². The van der Waals surface area contributed by atoms with Crippen LogP contribution in [-0.4, -0.2) is 53.4 Å². The van der Waals surface area contributed by atoms with Gasteiger partial charge < -0.3 is 10.1 Å². The predicted molar refractivity (Wildman–Crippen MR) is 103 cm³/mol. The third-order valence-electron chi connectivity index (χ3n) is 4.73. The molecule has 0 bridgehead atoms. The number of amides is 1. The number of aromatic nitrogens is 2. The Bertz CT molecular complexity index is 847. The van der Waals surface area contributed by atoms with Gasteiger partial charge in [-0.25, -0.2) is 9.07 Å². The highest BCUT2D eigenvalue weighted by Gasteiger charge is 2.23. The lowest BCUT2D eigenvalue weighted by Crippen LogP contribution is -2.44. The summed E-state index contributed by atoms with van der Waals surface area (Å²) >= 11 is 0. The van der Waals surface area contributed by atoms with Gasteiger partial charge in [0.15, 0.2) is 0 Å². The summed E-state index contributed by atoms with van der Waals surface area (Å²) in [5.41, 5.74) is 0.899. The largest absolute Gasteiger partial charge is 0.379 e. The molecule has 0 radical (unpaired) electrons. The van der Waals surface area contributed by atoms with Gasteiger partial charge in [0.25, 0.3) is 11.5 Å². The van der Waals surface area contributed by atoms with Gasteiger partial charge >= 0.3 is 0 Å². The Morgan fingerprint density at radius 2 is 1.93 bits per heavy atom. The maximum absolute atomic E-state index is 13.3. The summed E-state index contributed by atoms with van der Waals surface area (Å²) in [7, 11) is 0. The van der Waals surface area contributed by atoms with Gasteiger partial charge in [0.2, 0.25) is 0 Å². The molecule has 1 fully saturated rings. The van der Waals surface area contributed by atoms with E-state index in [1.807, 2.05) is 6.92 Å². The second kappa shape index (κ2) is 9.57. The van der Waals surface area contributed by atoms with Gasteiger partial charge in [-0.3, -0.25) is 14.5 Å². The summed E-state index contributed by atoms with van der Waals surface area (Å²) in [5, 5.41) is 7.05. The van der Waals surface area contributed by atoms with Crippen molar-refractivity contribution in [3.8, 4) is 0 Å². The Morgan fingerprint density at radius 3 is 2.61 bits per heavy atom. The highest BCUT2D eigenvalue weighted by Crippen LogP contribution is 2.21. The minimum atomic E-state index is -0.342. The highest BCUT2D eigenvalue weighted by atomic mass is 19.1. The molecule has 7 nitrogen and oxygen atoms in total. The summed E-state index contributed by atoms with van der Waals surface area (Å²) in [6.07, 6.45) is 0.752. The molecule has 3 rings (SSSR count). The van der Waals surface area contributed by atoms with Crippen LogP contribution in [0.4, 0.5) is 4.39 Å². The first-order chi connectivity index (χ1) is 13.6. The van der Waals surface area contributed by atoms with Crippen molar-refractivity contribution in [2.45, 2.75) is 25.9 Å². The molecule has 1 aliphatic rings. The number of hydrogen-bond acceptors (Lipinski definition) is 5. The minimum absolute atomic E-state index is 0.102. The number of halogens is 1. The fourth-order valence-corrected chi connectivity index (χ4v) is 3.25. The highest BCUT2D eigenvalue weighted by molar-refractivity contribution is 5.92. The van der Waals surface area contributed by atoms with Crippen molar-refractivity contribution >= 4 is 5.91 Å². The zero-order valence-corrected chi connectivity index (χ0v) is 15.9. The van der Waals surface area contributed by atoms with Crippen molar-refractivity contribution in [2.75, 3.05) is 32.8 Å². The van der Waals surface area contributed by atoms with Gasteiger partial charge in [-0.2, -0.15) is 5.10 Å². The second-order valence-electron chi connectivity index (χ2n) is 6.71. The molecule has 0 saturated carbocycles. The molecule has 1 atom stereocenters. The van der Waals surface area contributed by atoms with Crippen LogP contribution in [0.5, 0.6) is 0 Å². The molecule has 1 unspecified atom stereocenters. The monoisotopic (exact) mass is 388 g/mol. The predicted octanol–water partition coefficient (Wildman–Crippen LogP) is 1.60. The maximum atomic E-state index is 13.3. The number of benzene rings is 1. The molecule has 1 aromatic heterocycles. The zero-order valence-electron chi connectivity index (χ0n) is 15.9. The van der Waals surface area contributed by atoms with E-state index < -0.39 is 0 Å². The van der Waals surface area contributed by atoms with E-state index in [1.165, 1.54) is 28.9 Å². The summed E-state index contributed by atoms with van der Waals surface area (Å²) in [4.78, 5) is 26.6. The van der Waals surface area contributed by atoms with E-state index in [-0.39, 0.29) is 29.0 Å². The second-order valence-corrected chi connectivity index (χ2v) is 6.71. The number of ether oxygens (including phenoxy) is 1. The van der Waals surface area contributed by atoms with Crippen molar-refractivity contribution in [3.05, 3.63) is 63.8 Å². The van der Waals surface area contributed by atoms with Crippen molar-refractivity contribution in [1.82, 2.24) is 20.0 Å². The SMILES string of the molecule is CCCn1nc(C(=O)NCC(c2ccc(F)cc2)N2CCOCC2)ccc1=O. The molecular weight excluding hydrogens is 363 g/mol. The number of aryl methyl sites for hydroxylation is 1. The molecule has 0 spiro atoms. The standard InChI is InChI=1S/C20H25FN4O3/c1-2-9-25-19(26)8-7-17(23-25)20(27)22-14-18(24-10-12-28-13-11-24)15-3-5-16(21)6-4-15/h3-8,18H,2,9-14H2,1H3,(H,22,27). The molecule has 1 aromatic carbocycles. The van der Waals surface area contributed by atoms with Crippen LogP contribution in [0.1, 0.15) is 35.4 Å². The number of nitrogens with zero attached hydrogens (tertiary/aromatic N) is 3. The van der Waals surface area contributed by atoms with Gasteiger partial charge in [-0.15, -0.1) is 0 Å². The molecule has 1 aliphatic heterocycles. The van der Waals surface area contributed by atoms with Crippen LogP contribution in [0.25, 0.3) is 0 Å². The lowest BCUT2D eigenvalue weighted by atomic mass is 10.0. The number of hydrogen-bond donors (Lipinski definition) is 1. The Balaban J connectivity index is 1.73. The van der Waals surface area contributed by atoms with E-state index in [9.17, 15) is 14.0 Å². The fraction of sp³-hybridized carbons (Fsp3) is 0.450. The molecule has 0 aliphatic carbocycles. The smallest absolute Gasteiger partial charge is 0.271 e.